The van der Waals surface area contributed by atoms with E-state index >= 15 is 0 Å². The summed E-state index contributed by atoms with van der Waals surface area (Å²) in [4.78, 5) is 2.42. The lowest BCUT2D eigenvalue weighted by Crippen LogP contribution is -2.58. The van der Waals surface area contributed by atoms with Crippen molar-refractivity contribution in [3.63, 3.8) is 0 Å². The molecule has 1 aliphatic rings. The van der Waals surface area contributed by atoms with Crippen LogP contribution in [-0.4, -0.2) is 37.4 Å². The Kier molecular flexibility index (Phi) is 5.07. The van der Waals surface area contributed by atoms with Crippen LogP contribution in [0.15, 0.2) is 60.7 Å². The number of benzene rings is 2. The van der Waals surface area contributed by atoms with Gasteiger partial charge in [-0.2, -0.15) is 0 Å². The van der Waals surface area contributed by atoms with Crippen molar-refractivity contribution in [2.45, 2.75) is 25.9 Å². The fourth-order valence-electron chi connectivity index (χ4n) is 3.54. The van der Waals surface area contributed by atoms with Gasteiger partial charge >= 0.3 is 0 Å². The van der Waals surface area contributed by atoms with Gasteiger partial charge < -0.3 is 0 Å². The molecule has 0 spiro atoms. The van der Waals surface area contributed by atoms with Crippen LogP contribution in [0.4, 0.5) is 0 Å². The summed E-state index contributed by atoms with van der Waals surface area (Å²) < 4.78 is 23.9. The summed E-state index contributed by atoms with van der Waals surface area (Å²) in [6.45, 7) is 4.71. The van der Waals surface area contributed by atoms with E-state index < -0.39 is 9.84 Å². The number of nitrogens with zero attached hydrogens (tertiary/aromatic N) is 1. The van der Waals surface area contributed by atoms with Crippen LogP contribution in [-0.2, 0) is 9.84 Å². The van der Waals surface area contributed by atoms with Crippen LogP contribution >= 0.6 is 0 Å². The van der Waals surface area contributed by atoms with E-state index in [1.54, 1.807) is 6.92 Å². The van der Waals surface area contributed by atoms with Gasteiger partial charge in [-0.05, 0) is 18.1 Å². The van der Waals surface area contributed by atoms with Crippen molar-refractivity contribution in [1.82, 2.24) is 4.90 Å². The summed E-state index contributed by atoms with van der Waals surface area (Å²) in [5, 5.41) is 0. The molecule has 2 aromatic rings. The zero-order valence-corrected chi connectivity index (χ0v) is 15.1. The van der Waals surface area contributed by atoms with Crippen LogP contribution < -0.4 is 0 Å². The first-order chi connectivity index (χ1) is 11.5. The third-order valence-corrected chi connectivity index (χ3v) is 6.94. The van der Waals surface area contributed by atoms with Gasteiger partial charge in [0, 0.05) is 24.3 Å². The van der Waals surface area contributed by atoms with E-state index in [9.17, 15) is 8.42 Å². The molecule has 128 valence electrons. The van der Waals surface area contributed by atoms with Crippen molar-refractivity contribution in [3.8, 4) is 0 Å². The SMILES string of the molecule is CCS(=O)(=O)C[C@H]1CN(C(c2ccccc2)c2ccccc2)[C@@H]1C. The predicted octanol–water partition coefficient (Wildman–Crippen LogP) is 3.53. The molecule has 24 heavy (non-hydrogen) atoms. The lowest BCUT2D eigenvalue weighted by atomic mass is 9.85. The Balaban J connectivity index is 1.84. The maximum Gasteiger partial charge on any atom is 0.150 e. The third-order valence-electron chi connectivity index (χ3n) is 5.12. The monoisotopic (exact) mass is 343 g/mol. The zero-order chi connectivity index (χ0) is 17.2. The summed E-state index contributed by atoms with van der Waals surface area (Å²) >= 11 is 0. The molecule has 4 heteroatoms. The first-order valence-electron chi connectivity index (χ1n) is 8.58. The molecule has 1 saturated heterocycles. The molecule has 0 saturated carbocycles. The zero-order valence-electron chi connectivity index (χ0n) is 14.3. The van der Waals surface area contributed by atoms with Gasteiger partial charge in [0.05, 0.1) is 11.8 Å². The first-order valence-corrected chi connectivity index (χ1v) is 10.4. The summed E-state index contributed by atoms with van der Waals surface area (Å²) in [5.41, 5.74) is 2.51. The lowest BCUT2D eigenvalue weighted by molar-refractivity contribution is 0.0118. The van der Waals surface area contributed by atoms with Crippen LogP contribution in [0.2, 0.25) is 0 Å². The minimum Gasteiger partial charge on any atom is -0.289 e. The van der Waals surface area contributed by atoms with Gasteiger partial charge in [-0.3, -0.25) is 4.90 Å². The molecule has 1 aliphatic heterocycles. The minimum absolute atomic E-state index is 0.183. The molecule has 0 amide bonds. The molecule has 2 atom stereocenters. The molecule has 0 unspecified atom stereocenters. The second kappa shape index (κ2) is 7.08. The van der Waals surface area contributed by atoms with E-state index in [0.29, 0.717) is 5.75 Å². The Bertz CT molecular complexity index is 719. The number of rotatable bonds is 6. The topological polar surface area (TPSA) is 37.4 Å². The Labute approximate surface area is 145 Å². The summed E-state index contributed by atoms with van der Waals surface area (Å²) in [7, 11) is -2.92. The van der Waals surface area contributed by atoms with E-state index in [1.165, 1.54) is 11.1 Å². The summed E-state index contributed by atoms with van der Waals surface area (Å²) in [5.74, 6) is 0.763. The van der Waals surface area contributed by atoms with Gasteiger partial charge in [0.1, 0.15) is 9.84 Å². The molecule has 3 nitrogen and oxygen atoms in total. The van der Waals surface area contributed by atoms with E-state index in [2.05, 4.69) is 60.4 Å². The molecule has 1 heterocycles. The quantitative estimate of drug-likeness (QED) is 0.805. The van der Waals surface area contributed by atoms with Crippen LogP contribution in [0.1, 0.15) is 31.0 Å². The molecule has 0 aliphatic carbocycles. The van der Waals surface area contributed by atoms with Gasteiger partial charge in [0.25, 0.3) is 0 Å². The van der Waals surface area contributed by atoms with Crippen molar-refractivity contribution < 1.29 is 8.42 Å². The van der Waals surface area contributed by atoms with Crippen molar-refractivity contribution >= 4 is 9.84 Å². The summed E-state index contributed by atoms with van der Waals surface area (Å²) in [6.07, 6.45) is 0. The third kappa shape index (κ3) is 3.55. The van der Waals surface area contributed by atoms with E-state index in [-0.39, 0.29) is 23.8 Å². The van der Waals surface area contributed by atoms with Gasteiger partial charge in [-0.1, -0.05) is 67.6 Å². The van der Waals surface area contributed by atoms with Gasteiger partial charge in [0.2, 0.25) is 0 Å². The Hall–Kier alpha value is -1.65. The molecule has 3 rings (SSSR count). The summed E-state index contributed by atoms with van der Waals surface area (Å²) in [6, 6.07) is 21.4. The average Bonchev–Trinajstić information content (AvgIpc) is 2.62. The van der Waals surface area contributed by atoms with Crippen LogP contribution in [0.3, 0.4) is 0 Å². The minimum atomic E-state index is -2.92. The van der Waals surface area contributed by atoms with Gasteiger partial charge in [-0.15, -0.1) is 0 Å². The smallest absolute Gasteiger partial charge is 0.150 e. The number of hydrogen-bond acceptors (Lipinski definition) is 3. The van der Waals surface area contributed by atoms with E-state index in [4.69, 9.17) is 0 Å². The van der Waals surface area contributed by atoms with Crippen LogP contribution in [0.25, 0.3) is 0 Å². The molecule has 2 aromatic carbocycles. The number of likely N-dealkylation sites (tertiary alicyclic amines) is 1. The van der Waals surface area contributed by atoms with Crippen molar-refractivity contribution in [2.75, 3.05) is 18.1 Å². The predicted molar refractivity (Wildman–Crippen MR) is 98.7 cm³/mol. The highest BCUT2D eigenvalue weighted by atomic mass is 32.2. The maximum absolute atomic E-state index is 11.9. The van der Waals surface area contributed by atoms with Crippen LogP contribution in [0.5, 0.6) is 0 Å². The lowest BCUT2D eigenvalue weighted by Gasteiger charge is -2.50. The number of sulfone groups is 1. The molecule has 0 N–H and O–H groups in total. The van der Waals surface area contributed by atoms with Gasteiger partial charge in [0.15, 0.2) is 0 Å². The molecule has 0 aromatic heterocycles. The fraction of sp³-hybridized carbons (Fsp3) is 0.400. The van der Waals surface area contributed by atoms with Gasteiger partial charge in [-0.25, -0.2) is 8.42 Å². The number of hydrogen-bond donors (Lipinski definition) is 0. The highest BCUT2D eigenvalue weighted by Gasteiger charge is 2.42. The highest BCUT2D eigenvalue weighted by molar-refractivity contribution is 7.91. The largest absolute Gasteiger partial charge is 0.289 e. The standard InChI is InChI=1S/C20H25NO2S/c1-3-24(22,23)15-19-14-21(16(19)2)20(17-10-6-4-7-11-17)18-12-8-5-9-13-18/h4-13,16,19-20H,3,14-15H2,1-2H3/t16-,19-/m1/s1. The molecule has 0 bridgehead atoms. The van der Waals surface area contributed by atoms with E-state index in [0.717, 1.165) is 6.54 Å². The maximum atomic E-state index is 11.9. The molecular weight excluding hydrogens is 318 g/mol. The normalized spacial score (nSPS) is 21.6. The van der Waals surface area contributed by atoms with Crippen LogP contribution in [0, 0.1) is 5.92 Å². The molecule has 1 fully saturated rings. The second-order valence-corrected chi connectivity index (χ2v) is 9.02. The Morgan fingerprint density at radius 2 is 1.50 bits per heavy atom. The van der Waals surface area contributed by atoms with Crippen molar-refractivity contribution in [1.29, 1.82) is 0 Å². The average molecular weight is 343 g/mol. The van der Waals surface area contributed by atoms with Crippen molar-refractivity contribution in [2.24, 2.45) is 5.92 Å². The van der Waals surface area contributed by atoms with E-state index in [1.807, 2.05) is 12.1 Å². The second-order valence-electron chi connectivity index (χ2n) is 6.62. The Morgan fingerprint density at radius 3 is 1.92 bits per heavy atom. The Morgan fingerprint density at radius 1 is 1.00 bits per heavy atom. The first kappa shape index (κ1) is 17.2. The van der Waals surface area contributed by atoms with Crippen molar-refractivity contribution in [3.05, 3.63) is 71.8 Å². The fourth-order valence-corrected chi connectivity index (χ4v) is 4.82. The highest BCUT2D eigenvalue weighted by Crippen LogP contribution is 2.38. The molecule has 0 radical (unpaired) electrons. The molecular formula is C20H25NO2S.